The number of hydrogen-bond donors (Lipinski definition) is 0. The van der Waals surface area contributed by atoms with Gasteiger partial charge in [-0.1, -0.05) is 24.3 Å². The number of carbonyl (C=O) groups excluding carboxylic acids is 2. The van der Waals surface area contributed by atoms with Crippen molar-refractivity contribution in [1.82, 2.24) is 0 Å². The molecule has 79 valence electrons. The number of benzene rings is 1. The van der Waals surface area contributed by atoms with Crippen molar-refractivity contribution in [2.75, 3.05) is 0 Å². The van der Waals surface area contributed by atoms with E-state index >= 15 is 0 Å². The quantitative estimate of drug-likeness (QED) is 0.540. The Morgan fingerprint density at radius 3 is 1.43 bits per heavy atom. The maximum absolute atomic E-state index is 10.3. The van der Waals surface area contributed by atoms with E-state index in [2.05, 4.69) is 0 Å². The van der Waals surface area contributed by atoms with Crippen LogP contribution >= 0.6 is 0 Å². The summed E-state index contributed by atoms with van der Waals surface area (Å²) in [6.45, 7) is 0. The fraction of sp³-hybridized carbons (Fsp3) is 0. The first-order valence-corrected chi connectivity index (χ1v) is 3.14. The molecule has 1 aromatic carbocycles. The molecule has 0 aliphatic heterocycles. The van der Waals surface area contributed by atoms with E-state index in [1.54, 1.807) is 0 Å². The molecule has 1 rings (SSSR count). The predicted octanol–water partition coefficient (Wildman–Crippen LogP) is -2.41. The van der Waals surface area contributed by atoms with E-state index in [1.165, 1.54) is 12.1 Å². The maximum atomic E-state index is 10.3. The van der Waals surface area contributed by atoms with Gasteiger partial charge >= 0.3 is 17.1 Å². The minimum Gasteiger partial charge on any atom is -0.545 e. The molecule has 0 heterocycles. The van der Waals surface area contributed by atoms with Crippen LogP contribution in [0.25, 0.3) is 0 Å². The van der Waals surface area contributed by atoms with Gasteiger partial charge in [-0.3, -0.25) is 0 Å². The summed E-state index contributed by atoms with van der Waals surface area (Å²) >= 11 is 0. The van der Waals surface area contributed by atoms with Gasteiger partial charge in [-0.15, -0.1) is 0 Å². The minimum atomic E-state index is -1.52. The molecule has 0 unspecified atom stereocenters. The van der Waals surface area contributed by atoms with E-state index < -0.39 is 11.9 Å². The largest absolute Gasteiger partial charge is 2.00 e. The number of aromatic carboxylic acids is 2. The van der Waals surface area contributed by atoms with Gasteiger partial charge in [0.1, 0.15) is 0 Å². The van der Waals surface area contributed by atoms with Crippen molar-refractivity contribution in [1.29, 1.82) is 0 Å². The summed E-state index contributed by atoms with van der Waals surface area (Å²) in [5, 5.41) is 20.6. The predicted molar refractivity (Wildman–Crippen MR) is 38.7 cm³/mol. The molecule has 0 bridgehead atoms. The van der Waals surface area contributed by atoms with Crippen LogP contribution in [0.4, 0.5) is 0 Å². The number of rotatable bonds is 2. The maximum Gasteiger partial charge on any atom is 2.00 e. The fourth-order valence-electron chi connectivity index (χ4n) is 0.839. The van der Waals surface area contributed by atoms with Crippen LogP contribution in [0.15, 0.2) is 24.3 Å². The zero-order valence-corrected chi connectivity index (χ0v) is 7.69. The molecular formula is C8H6CuO5. The van der Waals surface area contributed by atoms with Gasteiger partial charge in [0.05, 0.1) is 11.9 Å². The first-order valence-electron chi connectivity index (χ1n) is 3.14. The minimum absolute atomic E-state index is 0. The van der Waals surface area contributed by atoms with Crippen LogP contribution in [0, 0.1) is 0 Å². The van der Waals surface area contributed by atoms with Gasteiger partial charge in [0.2, 0.25) is 0 Å². The third-order valence-corrected chi connectivity index (χ3v) is 1.37. The molecule has 5 nitrogen and oxygen atoms in total. The first-order chi connectivity index (χ1) is 5.63. The number of carbonyl (C=O) groups is 2. The molecule has 0 aliphatic carbocycles. The Morgan fingerprint density at radius 1 is 0.929 bits per heavy atom. The second-order valence-corrected chi connectivity index (χ2v) is 2.12. The second-order valence-electron chi connectivity index (χ2n) is 2.12. The molecule has 0 fully saturated rings. The van der Waals surface area contributed by atoms with Gasteiger partial charge in [-0.05, 0) is 0 Å². The Labute approximate surface area is 90.1 Å². The molecule has 14 heavy (non-hydrogen) atoms. The Kier molecular flexibility index (Phi) is 6.64. The standard InChI is InChI=1S/C8H6O4.Cu.H2O/c9-7(10)5-3-1-2-4-6(5)8(11)12;;/h1-4H,(H,9,10)(H,11,12);;1H2/q;+2;/p-2. The summed E-state index contributed by atoms with van der Waals surface area (Å²) in [7, 11) is 0. The normalized spacial score (nSPS) is 8.00. The molecule has 0 saturated carbocycles. The van der Waals surface area contributed by atoms with E-state index in [1.807, 2.05) is 0 Å². The smallest absolute Gasteiger partial charge is 0.545 e. The van der Waals surface area contributed by atoms with Gasteiger partial charge in [-0.2, -0.15) is 0 Å². The molecule has 0 spiro atoms. The third-order valence-electron chi connectivity index (χ3n) is 1.37. The van der Waals surface area contributed by atoms with E-state index in [-0.39, 0.29) is 33.7 Å². The summed E-state index contributed by atoms with van der Waals surface area (Å²) in [6, 6.07) is 5.14. The van der Waals surface area contributed by atoms with Crippen molar-refractivity contribution in [2.24, 2.45) is 0 Å². The molecule has 0 saturated heterocycles. The zero-order valence-electron chi connectivity index (χ0n) is 6.74. The average Bonchev–Trinajstić information content (AvgIpc) is 2.04. The van der Waals surface area contributed by atoms with E-state index in [9.17, 15) is 19.8 Å². The molecule has 0 aromatic heterocycles. The summed E-state index contributed by atoms with van der Waals surface area (Å²) in [5.74, 6) is -3.04. The molecule has 0 aliphatic rings. The Hall–Kier alpha value is -1.36. The van der Waals surface area contributed by atoms with Crippen molar-refractivity contribution in [3.8, 4) is 0 Å². The number of carboxylic acid groups (broad SMARTS) is 2. The summed E-state index contributed by atoms with van der Waals surface area (Å²) < 4.78 is 0. The van der Waals surface area contributed by atoms with Crippen molar-refractivity contribution >= 4 is 11.9 Å². The van der Waals surface area contributed by atoms with Crippen molar-refractivity contribution < 1.29 is 42.3 Å². The Balaban J connectivity index is 0. The first kappa shape index (κ1) is 15.1. The summed E-state index contributed by atoms with van der Waals surface area (Å²) in [6.07, 6.45) is 0. The number of carboxylic acids is 2. The SMILES string of the molecule is O.O=C([O-])c1ccccc1C(=O)[O-].[Cu+2]. The van der Waals surface area contributed by atoms with E-state index in [0.29, 0.717) is 0 Å². The van der Waals surface area contributed by atoms with E-state index in [0.717, 1.165) is 12.1 Å². The van der Waals surface area contributed by atoms with Crippen LogP contribution in [0.1, 0.15) is 20.7 Å². The van der Waals surface area contributed by atoms with Crippen LogP contribution < -0.4 is 10.2 Å². The van der Waals surface area contributed by atoms with Crippen molar-refractivity contribution in [3.05, 3.63) is 35.4 Å². The zero-order chi connectivity index (χ0) is 9.14. The Bertz CT molecular complexity index is 303. The molecule has 0 atom stereocenters. The van der Waals surface area contributed by atoms with Gasteiger partial charge in [0.25, 0.3) is 0 Å². The van der Waals surface area contributed by atoms with Crippen LogP contribution in [0.2, 0.25) is 0 Å². The molecule has 1 radical (unpaired) electrons. The Morgan fingerprint density at radius 2 is 1.21 bits per heavy atom. The van der Waals surface area contributed by atoms with Crippen LogP contribution in [0.3, 0.4) is 0 Å². The topological polar surface area (TPSA) is 112 Å². The molecule has 0 amide bonds. The summed E-state index contributed by atoms with van der Waals surface area (Å²) in [5.41, 5.74) is -0.727. The molecular weight excluding hydrogens is 240 g/mol. The van der Waals surface area contributed by atoms with Crippen molar-refractivity contribution in [3.63, 3.8) is 0 Å². The molecule has 6 heteroatoms. The van der Waals surface area contributed by atoms with Gasteiger partial charge < -0.3 is 25.3 Å². The second kappa shape index (κ2) is 6.15. The van der Waals surface area contributed by atoms with Crippen molar-refractivity contribution in [2.45, 2.75) is 0 Å². The monoisotopic (exact) mass is 245 g/mol. The summed E-state index contributed by atoms with van der Waals surface area (Å²) in [4.78, 5) is 20.6. The third kappa shape index (κ3) is 3.18. The van der Waals surface area contributed by atoms with Gasteiger partial charge in [0.15, 0.2) is 0 Å². The van der Waals surface area contributed by atoms with Crippen LogP contribution in [-0.4, -0.2) is 17.4 Å². The van der Waals surface area contributed by atoms with Crippen LogP contribution in [-0.2, 0) is 17.1 Å². The van der Waals surface area contributed by atoms with E-state index in [4.69, 9.17) is 0 Å². The average molecular weight is 246 g/mol. The molecule has 2 N–H and O–H groups in total. The number of hydrogen-bond acceptors (Lipinski definition) is 4. The molecule has 1 aromatic rings. The van der Waals surface area contributed by atoms with Crippen LogP contribution in [0.5, 0.6) is 0 Å². The van der Waals surface area contributed by atoms with Gasteiger partial charge in [-0.25, -0.2) is 0 Å². The fourth-order valence-corrected chi connectivity index (χ4v) is 0.839. The van der Waals surface area contributed by atoms with Gasteiger partial charge in [0, 0.05) is 11.1 Å².